The molecule has 0 aliphatic rings. The highest BCUT2D eigenvalue weighted by Crippen LogP contribution is 2.25. The summed E-state index contributed by atoms with van der Waals surface area (Å²) < 4.78 is 0. The van der Waals surface area contributed by atoms with Crippen molar-refractivity contribution in [2.75, 3.05) is 0 Å². The van der Waals surface area contributed by atoms with Crippen LogP contribution in [0.25, 0.3) is 0 Å². The summed E-state index contributed by atoms with van der Waals surface area (Å²) in [6.07, 6.45) is 1.84. The molecule has 96 valence electrons. The molecule has 0 N–H and O–H groups in total. The van der Waals surface area contributed by atoms with Gasteiger partial charge in [0, 0.05) is 11.9 Å². The Morgan fingerprint density at radius 3 is 2.28 bits per heavy atom. The Labute approximate surface area is 119 Å². The largest absolute Gasteiger partial charge is 1.00 e. The van der Waals surface area contributed by atoms with E-state index in [9.17, 15) is 0 Å². The van der Waals surface area contributed by atoms with E-state index >= 15 is 0 Å². The maximum Gasteiger partial charge on any atom is 0.0963 e. The van der Waals surface area contributed by atoms with Crippen molar-refractivity contribution in [2.24, 2.45) is 0 Å². The van der Waals surface area contributed by atoms with Gasteiger partial charge in [0.15, 0.2) is 0 Å². The lowest BCUT2D eigenvalue weighted by Crippen LogP contribution is -3.00. The van der Waals surface area contributed by atoms with Crippen LogP contribution in [0.15, 0.2) is 41.6 Å². The van der Waals surface area contributed by atoms with Crippen LogP contribution in [0.2, 0.25) is 0 Å². The molecule has 0 amide bonds. The van der Waals surface area contributed by atoms with Crippen molar-refractivity contribution in [1.82, 2.24) is 4.98 Å². The Morgan fingerprint density at radius 1 is 1.06 bits per heavy atom. The number of rotatable bonds is 3. The van der Waals surface area contributed by atoms with Crippen LogP contribution in [0.4, 0.5) is 0 Å². The molecule has 0 unspecified atom stereocenters. The van der Waals surface area contributed by atoms with Crippen molar-refractivity contribution in [3.63, 3.8) is 0 Å². The van der Waals surface area contributed by atoms with Crippen molar-refractivity contribution in [3.05, 3.63) is 58.8 Å². The highest BCUT2D eigenvalue weighted by molar-refractivity contribution is 7.98. The molecular formula is C15H17ClNS-. The smallest absolute Gasteiger partial charge is 0.0963 e. The van der Waals surface area contributed by atoms with Crippen molar-refractivity contribution < 1.29 is 12.4 Å². The molecule has 1 aromatic carbocycles. The maximum absolute atomic E-state index is 4.33. The average Bonchev–Trinajstić information content (AvgIpc) is 2.29. The minimum atomic E-state index is 0. The molecule has 0 aliphatic carbocycles. The lowest BCUT2D eigenvalue weighted by atomic mass is 10.0. The molecular weight excluding hydrogens is 262 g/mol. The number of aromatic nitrogens is 1. The lowest BCUT2D eigenvalue weighted by molar-refractivity contribution is -0.00000369. The molecule has 3 heteroatoms. The van der Waals surface area contributed by atoms with E-state index in [1.165, 1.54) is 22.3 Å². The average molecular weight is 279 g/mol. The van der Waals surface area contributed by atoms with Crippen LogP contribution in [0.1, 0.15) is 22.3 Å². The van der Waals surface area contributed by atoms with Crippen LogP contribution in [0, 0.1) is 20.8 Å². The van der Waals surface area contributed by atoms with Crippen LogP contribution in [0.3, 0.4) is 0 Å². The molecule has 0 saturated carbocycles. The zero-order valence-electron chi connectivity index (χ0n) is 10.9. The fraction of sp³-hybridized carbons (Fsp3) is 0.267. The normalized spacial score (nSPS) is 9.94. The third-order valence-corrected chi connectivity index (χ3v) is 3.81. The molecule has 0 fully saturated rings. The van der Waals surface area contributed by atoms with E-state index in [1.807, 2.05) is 18.3 Å². The van der Waals surface area contributed by atoms with Gasteiger partial charge in [-0.15, -0.1) is 11.8 Å². The molecule has 2 rings (SSSR count). The predicted molar refractivity (Wildman–Crippen MR) is 74.5 cm³/mol. The number of pyridine rings is 1. The summed E-state index contributed by atoms with van der Waals surface area (Å²) in [6.45, 7) is 6.53. The van der Waals surface area contributed by atoms with Crippen LogP contribution >= 0.6 is 11.8 Å². The third kappa shape index (κ3) is 3.76. The SMILES string of the molecule is Cc1cc(C)c(CSc2ccccn2)c(C)c1.[Cl-]. The van der Waals surface area contributed by atoms with Crippen LogP contribution < -0.4 is 12.4 Å². The number of hydrogen-bond acceptors (Lipinski definition) is 2. The number of aryl methyl sites for hydroxylation is 3. The summed E-state index contributed by atoms with van der Waals surface area (Å²) in [4.78, 5) is 4.33. The van der Waals surface area contributed by atoms with E-state index in [0.29, 0.717) is 0 Å². The molecule has 0 saturated heterocycles. The molecule has 0 aliphatic heterocycles. The van der Waals surface area contributed by atoms with E-state index in [-0.39, 0.29) is 12.4 Å². The molecule has 0 atom stereocenters. The van der Waals surface area contributed by atoms with Gasteiger partial charge in [-0.3, -0.25) is 0 Å². The summed E-state index contributed by atoms with van der Waals surface area (Å²) in [5.74, 6) is 0.995. The predicted octanol–water partition coefficient (Wildman–Crippen LogP) is 1.30. The Kier molecular flexibility index (Phi) is 5.70. The molecule has 2 aromatic rings. The minimum absolute atomic E-state index is 0. The van der Waals surface area contributed by atoms with Crippen molar-refractivity contribution in [1.29, 1.82) is 0 Å². The fourth-order valence-corrected chi connectivity index (χ4v) is 3.07. The Bertz CT molecular complexity index is 488. The van der Waals surface area contributed by atoms with E-state index in [2.05, 4.69) is 44.0 Å². The first-order valence-electron chi connectivity index (χ1n) is 5.77. The fourth-order valence-electron chi connectivity index (χ4n) is 2.02. The van der Waals surface area contributed by atoms with E-state index < -0.39 is 0 Å². The standard InChI is InChI=1S/C15H17NS.ClH/c1-11-8-12(2)14(13(3)9-11)10-17-15-6-4-5-7-16-15;/h4-9H,10H2,1-3H3;1H/p-1. The topological polar surface area (TPSA) is 12.9 Å². The van der Waals surface area contributed by atoms with Gasteiger partial charge in [-0.05, 0) is 49.6 Å². The summed E-state index contributed by atoms with van der Waals surface area (Å²) >= 11 is 1.80. The first-order chi connectivity index (χ1) is 8.16. The molecule has 0 spiro atoms. The zero-order valence-corrected chi connectivity index (χ0v) is 12.5. The monoisotopic (exact) mass is 278 g/mol. The first-order valence-corrected chi connectivity index (χ1v) is 6.76. The van der Waals surface area contributed by atoms with Gasteiger partial charge >= 0.3 is 0 Å². The molecule has 0 radical (unpaired) electrons. The summed E-state index contributed by atoms with van der Waals surface area (Å²) in [6, 6.07) is 10.5. The van der Waals surface area contributed by atoms with Gasteiger partial charge < -0.3 is 12.4 Å². The van der Waals surface area contributed by atoms with E-state index in [0.717, 1.165) is 10.8 Å². The van der Waals surface area contributed by atoms with Gasteiger partial charge in [-0.25, -0.2) is 4.98 Å². The molecule has 18 heavy (non-hydrogen) atoms. The molecule has 1 nitrogen and oxygen atoms in total. The van der Waals surface area contributed by atoms with Crippen molar-refractivity contribution in [3.8, 4) is 0 Å². The Balaban J connectivity index is 0.00000162. The van der Waals surface area contributed by atoms with Gasteiger partial charge in [0.2, 0.25) is 0 Å². The van der Waals surface area contributed by atoms with E-state index in [1.54, 1.807) is 11.8 Å². The van der Waals surface area contributed by atoms with Gasteiger partial charge in [0.1, 0.15) is 0 Å². The quantitative estimate of drug-likeness (QED) is 0.785. The van der Waals surface area contributed by atoms with Crippen LogP contribution in [-0.4, -0.2) is 4.98 Å². The highest BCUT2D eigenvalue weighted by Gasteiger charge is 2.04. The highest BCUT2D eigenvalue weighted by atomic mass is 35.5. The number of halogens is 1. The van der Waals surface area contributed by atoms with Crippen molar-refractivity contribution in [2.45, 2.75) is 31.6 Å². The second-order valence-electron chi connectivity index (χ2n) is 4.33. The molecule has 1 heterocycles. The van der Waals surface area contributed by atoms with Gasteiger partial charge in [0.05, 0.1) is 5.03 Å². The summed E-state index contributed by atoms with van der Waals surface area (Å²) in [5, 5.41) is 1.09. The first kappa shape index (κ1) is 15.1. The number of thioether (sulfide) groups is 1. The lowest BCUT2D eigenvalue weighted by Gasteiger charge is -2.10. The number of benzene rings is 1. The van der Waals surface area contributed by atoms with E-state index in [4.69, 9.17) is 0 Å². The van der Waals surface area contributed by atoms with Crippen LogP contribution in [-0.2, 0) is 5.75 Å². The third-order valence-electron chi connectivity index (χ3n) is 2.84. The second kappa shape index (κ2) is 6.81. The Morgan fingerprint density at radius 2 is 1.72 bits per heavy atom. The summed E-state index contributed by atoms with van der Waals surface area (Å²) in [5.41, 5.74) is 5.54. The minimum Gasteiger partial charge on any atom is -1.00 e. The van der Waals surface area contributed by atoms with Gasteiger partial charge in [-0.1, -0.05) is 23.8 Å². The van der Waals surface area contributed by atoms with Crippen LogP contribution in [0.5, 0.6) is 0 Å². The molecule has 0 bridgehead atoms. The van der Waals surface area contributed by atoms with Gasteiger partial charge in [0.25, 0.3) is 0 Å². The number of nitrogens with zero attached hydrogens (tertiary/aromatic N) is 1. The zero-order chi connectivity index (χ0) is 12.3. The second-order valence-corrected chi connectivity index (χ2v) is 5.33. The summed E-state index contributed by atoms with van der Waals surface area (Å²) in [7, 11) is 0. The van der Waals surface area contributed by atoms with Crippen molar-refractivity contribution >= 4 is 11.8 Å². The number of hydrogen-bond donors (Lipinski definition) is 0. The molecule has 1 aromatic heterocycles. The Hall–Kier alpha value is -0.990. The maximum atomic E-state index is 4.33. The van der Waals surface area contributed by atoms with Gasteiger partial charge in [-0.2, -0.15) is 0 Å².